The summed E-state index contributed by atoms with van der Waals surface area (Å²) in [7, 11) is 0. The first-order chi connectivity index (χ1) is 8.64. The Morgan fingerprint density at radius 2 is 1.78 bits per heavy atom. The molecule has 1 aromatic rings. The van der Waals surface area contributed by atoms with Gasteiger partial charge in [-0.15, -0.1) is 0 Å². The van der Waals surface area contributed by atoms with E-state index in [1.807, 2.05) is 10.9 Å². The van der Waals surface area contributed by atoms with Crippen molar-refractivity contribution in [3.63, 3.8) is 0 Å². The average Bonchev–Trinajstić information content (AvgIpc) is 2.76. The topological polar surface area (TPSA) is 55.1 Å². The molecule has 0 aromatic carbocycles. The third-order valence-electron chi connectivity index (χ3n) is 5.30. The second-order valence-electron chi connectivity index (χ2n) is 6.59. The molecule has 4 aliphatic rings. The summed E-state index contributed by atoms with van der Waals surface area (Å²) in [5, 5.41) is 13.3. The van der Waals surface area contributed by atoms with E-state index in [0.29, 0.717) is 0 Å². The van der Waals surface area contributed by atoms with Gasteiger partial charge in [0.2, 0.25) is 0 Å². The third kappa shape index (κ3) is 1.38. The van der Waals surface area contributed by atoms with Crippen LogP contribution in [0.25, 0.3) is 0 Å². The monoisotopic (exact) mass is 246 g/mol. The minimum absolute atomic E-state index is 0.141. The van der Waals surface area contributed by atoms with E-state index < -0.39 is 5.97 Å². The van der Waals surface area contributed by atoms with Crippen molar-refractivity contribution in [2.24, 2.45) is 17.8 Å². The standard InChI is InChI=1S/C14H18N2O2/c17-13(18)12-1-2-16(15-12)14-6-9-3-10(7-14)5-11(4-9)8-14/h1-2,9-11H,3-8H2,(H,17,18). The molecule has 1 heterocycles. The first-order valence-electron chi connectivity index (χ1n) is 6.94. The third-order valence-corrected chi connectivity index (χ3v) is 5.30. The smallest absolute Gasteiger partial charge is 0.356 e. The van der Waals surface area contributed by atoms with Gasteiger partial charge in [0.25, 0.3) is 0 Å². The molecule has 0 saturated heterocycles. The zero-order valence-electron chi connectivity index (χ0n) is 10.4. The molecule has 0 aliphatic heterocycles. The first kappa shape index (κ1) is 10.6. The quantitative estimate of drug-likeness (QED) is 0.872. The van der Waals surface area contributed by atoms with Crippen molar-refractivity contribution in [3.8, 4) is 0 Å². The number of nitrogens with zero attached hydrogens (tertiary/aromatic N) is 2. The second-order valence-corrected chi connectivity index (χ2v) is 6.59. The number of hydrogen-bond acceptors (Lipinski definition) is 2. The number of aromatic carboxylic acids is 1. The molecule has 0 atom stereocenters. The highest BCUT2D eigenvalue weighted by Gasteiger charge is 2.52. The number of carbonyl (C=O) groups is 1. The van der Waals surface area contributed by atoms with E-state index in [1.165, 1.54) is 38.5 Å². The fourth-order valence-electron chi connectivity index (χ4n) is 5.05. The van der Waals surface area contributed by atoms with Crippen LogP contribution in [0.15, 0.2) is 12.3 Å². The molecule has 18 heavy (non-hydrogen) atoms. The van der Waals surface area contributed by atoms with E-state index in [4.69, 9.17) is 5.11 Å². The van der Waals surface area contributed by atoms with Crippen LogP contribution in [0, 0.1) is 17.8 Å². The Bertz CT molecular complexity index is 470. The van der Waals surface area contributed by atoms with E-state index in [9.17, 15) is 4.79 Å². The Morgan fingerprint density at radius 3 is 2.22 bits per heavy atom. The lowest BCUT2D eigenvalue weighted by Crippen LogP contribution is -2.52. The van der Waals surface area contributed by atoms with Gasteiger partial charge in [-0.1, -0.05) is 0 Å². The molecule has 0 amide bonds. The molecular weight excluding hydrogens is 228 g/mol. The van der Waals surface area contributed by atoms with Crippen LogP contribution < -0.4 is 0 Å². The first-order valence-corrected chi connectivity index (χ1v) is 6.94. The average molecular weight is 246 g/mol. The number of aromatic nitrogens is 2. The minimum Gasteiger partial charge on any atom is -0.476 e. The molecule has 0 unspecified atom stereocenters. The van der Waals surface area contributed by atoms with Crippen LogP contribution in [-0.4, -0.2) is 20.9 Å². The van der Waals surface area contributed by atoms with Crippen molar-refractivity contribution in [2.75, 3.05) is 0 Å². The molecular formula is C14H18N2O2. The van der Waals surface area contributed by atoms with Gasteiger partial charge >= 0.3 is 5.97 Å². The van der Waals surface area contributed by atoms with Crippen molar-refractivity contribution >= 4 is 5.97 Å². The summed E-state index contributed by atoms with van der Waals surface area (Å²) in [4.78, 5) is 11.0. The van der Waals surface area contributed by atoms with Crippen LogP contribution in [0.3, 0.4) is 0 Å². The summed E-state index contributed by atoms with van der Waals surface area (Å²) in [5.74, 6) is 1.65. The summed E-state index contributed by atoms with van der Waals surface area (Å²) in [6.07, 6.45) is 9.70. The lowest BCUT2D eigenvalue weighted by atomic mass is 9.53. The van der Waals surface area contributed by atoms with Gasteiger partial charge in [0.05, 0.1) is 5.54 Å². The Kier molecular flexibility index (Phi) is 1.98. The molecule has 1 aromatic heterocycles. The molecule has 4 heteroatoms. The van der Waals surface area contributed by atoms with Crippen LogP contribution in [-0.2, 0) is 5.54 Å². The number of rotatable bonds is 2. The Labute approximate surface area is 106 Å². The van der Waals surface area contributed by atoms with Gasteiger partial charge in [0.15, 0.2) is 5.69 Å². The van der Waals surface area contributed by atoms with Gasteiger partial charge in [0, 0.05) is 6.20 Å². The summed E-state index contributed by atoms with van der Waals surface area (Å²) < 4.78 is 1.99. The van der Waals surface area contributed by atoms with Crippen LogP contribution in [0.2, 0.25) is 0 Å². The van der Waals surface area contributed by atoms with Crippen molar-refractivity contribution in [1.29, 1.82) is 0 Å². The van der Waals surface area contributed by atoms with Gasteiger partial charge in [-0.25, -0.2) is 4.79 Å². The van der Waals surface area contributed by atoms with E-state index in [2.05, 4.69) is 5.10 Å². The molecule has 0 radical (unpaired) electrons. The highest BCUT2D eigenvalue weighted by atomic mass is 16.4. The zero-order chi connectivity index (χ0) is 12.3. The highest BCUT2D eigenvalue weighted by molar-refractivity contribution is 5.85. The zero-order valence-corrected chi connectivity index (χ0v) is 10.4. The van der Waals surface area contributed by atoms with E-state index >= 15 is 0 Å². The summed E-state index contributed by atoms with van der Waals surface area (Å²) in [5.41, 5.74) is 0.327. The molecule has 1 N–H and O–H groups in total. The van der Waals surface area contributed by atoms with Crippen LogP contribution >= 0.6 is 0 Å². The molecule has 4 nitrogen and oxygen atoms in total. The van der Waals surface area contributed by atoms with Gasteiger partial charge in [-0.3, -0.25) is 4.68 Å². The van der Waals surface area contributed by atoms with Gasteiger partial charge in [-0.05, 0) is 62.3 Å². The lowest BCUT2D eigenvalue weighted by molar-refractivity contribution is -0.0495. The number of carboxylic acid groups (broad SMARTS) is 1. The molecule has 4 saturated carbocycles. The van der Waals surface area contributed by atoms with Crippen molar-refractivity contribution in [3.05, 3.63) is 18.0 Å². The largest absolute Gasteiger partial charge is 0.476 e. The second kappa shape index (κ2) is 3.37. The van der Waals surface area contributed by atoms with Crippen LogP contribution in [0.1, 0.15) is 49.0 Å². The predicted octanol–water partition coefficient (Wildman–Crippen LogP) is 2.51. The number of hydrogen-bond donors (Lipinski definition) is 1. The molecule has 0 spiro atoms. The van der Waals surface area contributed by atoms with Crippen LogP contribution in [0.4, 0.5) is 0 Å². The van der Waals surface area contributed by atoms with Crippen molar-refractivity contribution in [1.82, 2.24) is 9.78 Å². The molecule has 5 rings (SSSR count). The summed E-state index contributed by atoms with van der Waals surface area (Å²) in [6.45, 7) is 0. The SMILES string of the molecule is O=C(O)c1ccn(C23CC4CC(CC(C4)C2)C3)n1. The van der Waals surface area contributed by atoms with E-state index in [1.54, 1.807) is 6.07 Å². The Hall–Kier alpha value is -1.32. The highest BCUT2D eigenvalue weighted by Crippen LogP contribution is 2.58. The minimum atomic E-state index is -0.918. The Balaban J connectivity index is 1.72. The maximum Gasteiger partial charge on any atom is 0.356 e. The normalized spacial score (nSPS) is 41.2. The van der Waals surface area contributed by atoms with Gasteiger partial charge in [-0.2, -0.15) is 5.10 Å². The fourth-order valence-corrected chi connectivity index (χ4v) is 5.05. The van der Waals surface area contributed by atoms with Crippen LogP contribution in [0.5, 0.6) is 0 Å². The summed E-state index contributed by atoms with van der Waals surface area (Å²) >= 11 is 0. The number of carboxylic acids is 1. The van der Waals surface area contributed by atoms with E-state index in [-0.39, 0.29) is 11.2 Å². The lowest BCUT2D eigenvalue weighted by Gasteiger charge is -2.56. The molecule has 4 aliphatic carbocycles. The molecule has 4 fully saturated rings. The van der Waals surface area contributed by atoms with Crippen molar-refractivity contribution in [2.45, 2.75) is 44.1 Å². The molecule has 4 bridgehead atoms. The summed E-state index contributed by atoms with van der Waals surface area (Å²) in [6, 6.07) is 1.64. The van der Waals surface area contributed by atoms with E-state index in [0.717, 1.165) is 17.8 Å². The molecule has 96 valence electrons. The fraction of sp³-hybridized carbons (Fsp3) is 0.714. The Morgan fingerprint density at radius 1 is 1.22 bits per heavy atom. The van der Waals surface area contributed by atoms with Crippen molar-refractivity contribution < 1.29 is 9.90 Å². The van der Waals surface area contributed by atoms with Gasteiger partial charge in [0.1, 0.15) is 0 Å². The predicted molar refractivity (Wildman–Crippen MR) is 65.3 cm³/mol. The maximum absolute atomic E-state index is 11.0. The van der Waals surface area contributed by atoms with Gasteiger partial charge < -0.3 is 5.11 Å². The maximum atomic E-state index is 11.0.